The molecule has 0 saturated heterocycles. The third-order valence-corrected chi connectivity index (χ3v) is 2.75. The van der Waals surface area contributed by atoms with Crippen LogP contribution in [0.1, 0.15) is 11.5 Å². The van der Waals surface area contributed by atoms with Gasteiger partial charge in [0.2, 0.25) is 5.82 Å². The molecule has 2 N–H and O–H groups in total. The minimum Gasteiger partial charge on any atom is -0.465 e. The lowest BCUT2D eigenvalue weighted by Gasteiger charge is -2.11. The Morgan fingerprint density at radius 3 is 2.26 bits per heavy atom. The Hall–Kier alpha value is -3.19. The topological polar surface area (TPSA) is 110 Å². The molecule has 8 nitrogen and oxygen atoms in total. The molecule has 0 radical (unpaired) electrons. The van der Waals surface area contributed by atoms with Crippen LogP contribution in [-0.4, -0.2) is 43.9 Å². The van der Waals surface area contributed by atoms with Gasteiger partial charge >= 0.3 is 24.5 Å². The Labute approximate surface area is 146 Å². The van der Waals surface area contributed by atoms with E-state index in [1.807, 2.05) is 5.32 Å². The summed E-state index contributed by atoms with van der Waals surface area (Å²) < 4.78 is 78.7. The van der Waals surface area contributed by atoms with Gasteiger partial charge in [0.05, 0.1) is 17.9 Å². The average Bonchev–Trinajstić information content (AvgIpc) is 2.57. The summed E-state index contributed by atoms with van der Waals surface area (Å²) in [4.78, 5) is 24.0. The number of carboxylic acid groups (broad SMARTS) is 1. The van der Waals surface area contributed by atoms with E-state index < -0.39 is 43.4 Å². The standard InChI is InChI=1S/C13H9F6N5O3/c14-12(15,16)5-27-10-23-7(4-22-11(25)26)1-8(24-10)6-2-20-9(21-3-6)13(17,18)19/h1-3,22H,4-5H2,(H,25,26). The molecule has 0 atom stereocenters. The molecule has 0 aliphatic heterocycles. The van der Waals surface area contributed by atoms with E-state index in [9.17, 15) is 31.1 Å². The Bertz CT molecular complexity index is 810. The van der Waals surface area contributed by atoms with Crippen molar-refractivity contribution in [3.05, 3.63) is 30.0 Å². The number of aromatic nitrogens is 4. The molecule has 0 spiro atoms. The number of carbonyl (C=O) groups is 1. The molecule has 0 unspecified atom stereocenters. The summed E-state index contributed by atoms with van der Waals surface area (Å²) >= 11 is 0. The van der Waals surface area contributed by atoms with Crippen molar-refractivity contribution in [2.45, 2.75) is 18.9 Å². The zero-order valence-electron chi connectivity index (χ0n) is 13.0. The maximum absolute atomic E-state index is 12.5. The van der Waals surface area contributed by atoms with E-state index in [0.29, 0.717) is 0 Å². The highest BCUT2D eigenvalue weighted by Gasteiger charge is 2.34. The van der Waals surface area contributed by atoms with Crippen LogP contribution in [0.5, 0.6) is 6.01 Å². The molecule has 1 amide bonds. The van der Waals surface area contributed by atoms with Gasteiger partial charge in [-0.15, -0.1) is 0 Å². The van der Waals surface area contributed by atoms with Crippen molar-refractivity contribution in [3.63, 3.8) is 0 Å². The normalized spacial score (nSPS) is 11.9. The van der Waals surface area contributed by atoms with E-state index in [4.69, 9.17) is 5.11 Å². The Morgan fingerprint density at radius 1 is 1.11 bits per heavy atom. The first kappa shape index (κ1) is 20.1. The third kappa shape index (κ3) is 6.23. The first-order valence-corrected chi connectivity index (χ1v) is 6.88. The highest BCUT2D eigenvalue weighted by Crippen LogP contribution is 2.27. The Morgan fingerprint density at radius 2 is 1.74 bits per heavy atom. The molecule has 2 heterocycles. The molecule has 2 aromatic heterocycles. The number of nitrogens with zero attached hydrogens (tertiary/aromatic N) is 4. The Kier molecular flexibility index (Phi) is 5.66. The molecule has 0 saturated carbocycles. The van der Waals surface area contributed by atoms with Gasteiger partial charge in [-0.1, -0.05) is 0 Å². The van der Waals surface area contributed by atoms with Gasteiger partial charge in [-0.3, -0.25) is 0 Å². The summed E-state index contributed by atoms with van der Waals surface area (Å²) in [5.41, 5.74) is -0.309. The number of rotatable bonds is 5. The van der Waals surface area contributed by atoms with Crippen LogP contribution in [0.15, 0.2) is 18.5 Å². The van der Waals surface area contributed by atoms with Gasteiger partial charge in [-0.05, 0) is 6.07 Å². The minimum atomic E-state index is -4.78. The number of hydrogen-bond donors (Lipinski definition) is 2. The maximum atomic E-state index is 12.5. The minimum absolute atomic E-state index is 0.0705. The second-order valence-corrected chi connectivity index (χ2v) is 4.88. The van der Waals surface area contributed by atoms with Gasteiger partial charge < -0.3 is 15.2 Å². The summed E-state index contributed by atoms with van der Waals surface area (Å²) in [5, 5.41) is 10.5. The van der Waals surface area contributed by atoms with Crippen molar-refractivity contribution in [1.82, 2.24) is 25.3 Å². The molecule has 0 fully saturated rings. The summed E-state index contributed by atoms with van der Waals surface area (Å²) in [6.07, 6.45) is -9.36. The fourth-order valence-corrected chi connectivity index (χ4v) is 1.70. The van der Waals surface area contributed by atoms with Gasteiger partial charge in [-0.2, -0.15) is 36.3 Å². The van der Waals surface area contributed by atoms with Crippen LogP contribution in [0.25, 0.3) is 11.3 Å². The van der Waals surface area contributed by atoms with Crippen LogP contribution in [0.3, 0.4) is 0 Å². The van der Waals surface area contributed by atoms with Crippen molar-refractivity contribution < 1.29 is 41.0 Å². The van der Waals surface area contributed by atoms with Crippen LogP contribution in [0, 0.1) is 0 Å². The molecule has 14 heteroatoms. The second kappa shape index (κ2) is 7.59. The average molecular weight is 397 g/mol. The molecule has 0 bridgehead atoms. The predicted octanol–water partition coefficient (Wildman–Crippen LogP) is 2.66. The molecule has 27 heavy (non-hydrogen) atoms. The van der Waals surface area contributed by atoms with Gasteiger partial charge in [0.15, 0.2) is 6.61 Å². The molecule has 0 aromatic carbocycles. The van der Waals surface area contributed by atoms with Crippen LogP contribution in [-0.2, 0) is 12.7 Å². The van der Waals surface area contributed by atoms with Crippen molar-refractivity contribution >= 4 is 6.09 Å². The number of halogens is 6. The molecule has 0 aliphatic carbocycles. The fraction of sp³-hybridized carbons (Fsp3) is 0.308. The van der Waals surface area contributed by atoms with E-state index in [1.165, 1.54) is 0 Å². The van der Waals surface area contributed by atoms with Crippen molar-refractivity contribution in [2.75, 3.05) is 6.61 Å². The van der Waals surface area contributed by atoms with Gasteiger partial charge in [0.25, 0.3) is 0 Å². The van der Waals surface area contributed by atoms with E-state index >= 15 is 0 Å². The summed E-state index contributed by atoms with van der Waals surface area (Å²) in [6.45, 7) is -2.12. The number of ether oxygens (including phenoxy) is 1. The number of alkyl halides is 6. The van der Waals surface area contributed by atoms with Crippen LogP contribution >= 0.6 is 0 Å². The lowest BCUT2D eigenvalue weighted by molar-refractivity contribution is -0.154. The van der Waals surface area contributed by atoms with E-state index in [2.05, 4.69) is 24.7 Å². The number of amides is 1. The van der Waals surface area contributed by atoms with Gasteiger partial charge in [0.1, 0.15) is 0 Å². The molecular weight excluding hydrogens is 388 g/mol. The van der Waals surface area contributed by atoms with Gasteiger partial charge in [0, 0.05) is 18.0 Å². The molecule has 2 aromatic rings. The number of nitrogens with one attached hydrogen (secondary N) is 1. The first-order chi connectivity index (χ1) is 12.4. The van der Waals surface area contributed by atoms with Crippen LogP contribution in [0.4, 0.5) is 31.1 Å². The zero-order valence-corrected chi connectivity index (χ0v) is 13.0. The monoisotopic (exact) mass is 397 g/mol. The number of hydrogen-bond acceptors (Lipinski definition) is 6. The SMILES string of the molecule is O=C(O)NCc1cc(-c2cnc(C(F)(F)F)nc2)nc(OCC(F)(F)F)n1. The first-order valence-electron chi connectivity index (χ1n) is 6.88. The maximum Gasteiger partial charge on any atom is 0.451 e. The van der Waals surface area contributed by atoms with Crippen LogP contribution < -0.4 is 10.1 Å². The summed E-state index contributed by atoms with van der Waals surface area (Å²) in [6, 6.07) is 0.398. The summed E-state index contributed by atoms with van der Waals surface area (Å²) in [5.74, 6) is -1.42. The largest absolute Gasteiger partial charge is 0.465 e. The quantitative estimate of drug-likeness (QED) is 0.747. The van der Waals surface area contributed by atoms with Gasteiger partial charge in [-0.25, -0.2) is 14.8 Å². The highest BCUT2D eigenvalue weighted by molar-refractivity contribution is 5.64. The molecule has 2 rings (SSSR count). The molecule has 146 valence electrons. The van der Waals surface area contributed by atoms with Crippen molar-refractivity contribution in [1.29, 1.82) is 0 Å². The zero-order chi connectivity index (χ0) is 20.2. The highest BCUT2D eigenvalue weighted by atomic mass is 19.4. The van der Waals surface area contributed by atoms with E-state index in [-0.39, 0.29) is 17.0 Å². The molecule has 0 aliphatic rings. The fourth-order valence-electron chi connectivity index (χ4n) is 1.70. The van der Waals surface area contributed by atoms with Crippen molar-refractivity contribution in [2.24, 2.45) is 0 Å². The lowest BCUT2D eigenvalue weighted by Crippen LogP contribution is -2.22. The molecular formula is C13H9F6N5O3. The second-order valence-electron chi connectivity index (χ2n) is 4.88. The summed E-state index contributed by atoms with van der Waals surface area (Å²) in [7, 11) is 0. The van der Waals surface area contributed by atoms with Crippen LogP contribution in [0.2, 0.25) is 0 Å². The lowest BCUT2D eigenvalue weighted by atomic mass is 10.2. The predicted molar refractivity (Wildman–Crippen MR) is 74.5 cm³/mol. The van der Waals surface area contributed by atoms with Crippen molar-refractivity contribution in [3.8, 4) is 17.3 Å². The smallest absolute Gasteiger partial charge is 0.451 e. The van der Waals surface area contributed by atoms with E-state index in [0.717, 1.165) is 18.5 Å². The van der Waals surface area contributed by atoms with E-state index in [1.54, 1.807) is 0 Å². The Balaban J connectivity index is 2.35. The third-order valence-electron chi connectivity index (χ3n) is 2.75.